The average molecular weight is 283 g/mol. The average Bonchev–Trinajstić information content (AvgIpc) is 2.95. The Balaban J connectivity index is 1.64. The number of anilines is 1. The number of aromatic nitrogens is 2. The van der Waals surface area contributed by atoms with Crippen molar-refractivity contribution in [2.75, 3.05) is 5.32 Å². The predicted octanol–water partition coefficient (Wildman–Crippen LogP) is 3.21. The molecule has 1 aromatic heterocycles. The van der Waals surface area contributed by atoms with E-state index in [1.807, 2.05) is 24.7 Å². The molecule has 0 saturated heterocycles. The van der Waals surface area contributed by atoms with Gasteiger partial charge in [0.25, 0.3) is 0 Å². The summed E-state index contributed by atoms with van der Waals surface area (Å²) in [5, 5.41) is 3.03. The lowest BCUT2D eigenvalue weighted by Gasteiger charge is -2.23. The van der Waals surface area contributed by atoms with Crippen LogP contribution < -0.4 is 5.32 Å². The summed E-state index contributed by atoms with van der Waals surface area (Å²) in [5.74, 6) is 0.659. The SMILES string of the molecule is CC(C)c1ccc(NC(=O)C2CCn3cncc3C2)cc1. The molecule has 0 fully saturated rings. The lowest BCUT2D eigenvalue weighted by Crippen LogP contribution is -2.29. The smallest absolute Gasteiger partial charge is 0.227 e. The van der Waals surface area contributed by atoms with Crippen molar-refractivity contribution in [2.24, 2.45) is 5.92 Å². The Kier molecular flexibility index (Phi) is 3.78. The van der Waals surface area contributed by atoms with Crippen LogP contribution in [0.1, 0.15) is 37.4 Å². The number of nitrogens with zero attached hydrogens (tertiary/aromatic N) is 2. The van der Waals surface area contributed by atoms with Crippen LogP contribution in [0.2, 0.25) is 0 Å². The normalized spacial score (nSPS) is 17.6. The molecule has 1 aromatic carbocycles. The molecule has 1 aliphatic heterocycles. The highest BCUT2D eigenvalue weighted by Crippen LogP contribution is 2.22. The van der Waals surface area contributed by atoms with E-state index in [0.717, 1.165) is 30.8 Å². The Morgan fingerprint density at radius 2 is 2.10 bits per heavy atom. The summed E-state index contributed by atoms with van der Waals surface area (Å²) >= 11 is 0. The first-order chi connectivity index (χ1) is 10.1. The summed E-state index contributed by atoms with van der Waals surface area (Å²) < 4.78 is 2.13. The minimum Gasteiger partial charge on any atom is -0.335 e. The number of benzene rings is 1. The largest absolute Gasteiger partial charge is 0.335 e. The fourth-order valence-electron chi connectivity index (χ4n) is 2.79. The number of amides is 1. The van der Waals surface area contributed by atoms with Crippen molar-refractivity contribution in [2.45, 2.75) is 39.2 Å². The third-order valence-electron chi connectivity index (χ3n) is 4.19. The molecule has 110 valence electrons. The Morgan fingerprint density at radius 3 is 2.81 bits per heavy atom. The highest BCUT2D eigenvalue weighted by Gasteiger charge is 2.24. The quantitative estimate of drug-likeness (QED) is 0.940. The lowest BCUT2D eigenvalue weighted by atomic mass is 9.95. The Labute approximate surface area is 125 Å². The first-order valence-electron chi connectivity index (χ1n) is 7.53. The van der Waals surface area contributed by atoms with E-state index < -0.39 is 0 Å². The zero-order valence-corrected chi connectivity index (χ0v) is 12.5. The number of hydrogen-bond acceptors (Lipinski definition) is 2. The van der Waals surface area contributed by atoms with Gasteiger partial charge in [-0.05, 0) is 30.0 Å². The van der Waals surface area contributed by atoms with E-state index in [1.54, 1.807) is 0 Å². The van der Waals surface area contributed by atoms with Gasteiger partial charge in [-0.3, -0.25) is 4.79 Å². The summed E-state index contributed by atoms with van der Waals surface area (Å²) in [5.41, 5.74) is 3.31. The minimum absolute atomic E-state index is 0.0407. The van der Waals surface area contributed by atoms with Gasteiger partial charge in [0.1, 0.15) is 0 Å². The molecule has 1 unspecified atom stereocenters. The second kappa shape index (κ2) is 5.72. The first kappa shape index (κ1) is 13.9. The predicted molar refractivity (Wildman–Crippen MR) is 83.2 cm³/mol. The van der Waals surface area contributed by atoms with Crippen molar-refractivity contribution in [3.63, 3.8) is 0 Å². The van der Waals surface area contributed by atoms with Crippen LogP contribution in [0, 0.1) is 5.92 Å². The number of fused-ring (bicyclic) bond motifs is 1. The number of carbonyl (C=O) groups is 1. The van der Waals surface area contributed by atoms with Crippen LogP contribution in [-0.2, 0) is 17.8 Å². The fraction of sp³-hybridized carbons (Fsp3) is 0.412. The molecule has 1 N–H and O–H groups in total. The molecule has 0 bridgehead atoms. The van der Waals surface area contributed by atoms with Crippen molar-refractivity contribution in [1.29, 1.82) is 0 Å². The zero-order chi connectivity index (χ0) is 14.8. The van der Waals surface area contributed by atoms with Crippen LogP contribution in [0.15, 0.2) is 36.8 Å². The summed E-state index contributed by atoms with van der Waals surface area (Å²) in [4.78, 5) is 16.5. The van der Waals surface area contributed by atoms with Crippen LogP contribution in [0.25, 0.3) is 0 Å². The van der Waals surface area contributed by atoms with Crippen molar-refractivity contribution < 1.29 is 4.79 Å². The molecule has 1 amide bonds. The summed E-state index contributed by atoms with van der Waals surface area (Å²) in [6, 6.07) is 8.13. The lowest BCUT2D eigenvalue weighted by molar-refractivity contribution is -0.120. The van der Waals surface area contributed by atoms with Gasteiger partial charge in [-0.2, -0.15) is 0 Å². The molecule has 0 radical (unpaired) electrons. The van der Waals surface area contributed by atoms with Gasteiger partial charge in [0.15, 0.2) is 0 Å². The third kappa shape index (κ3) is 2.99. The molecule has 0 spiro atoms. The van der Waals surface area contributed by atoms with E-state index in [-0.39, 0.29) is 11.8 Å². The minimum atomic E-state index is 0.0407. The molecule has 4 nitrogen and oxygen atoms in total. The zero-order valence-electron chi connectivity index (χ0n) is 12.5. The number of hydrogen-bond donors (Lipinski definition) is 1. The molecule has 3 rings (SSSR count). The standard InChI is InChI=1S/C17H21N3O/c1-12(2)13-3-5-15(6-4-13)19-17(21)14-7-8-20-11-18-10-16(20)9-14/h3-6,10-12,14H,7-9H2,1-2H3,(H,19,21). The van der Waals surface area contributed by atoms with E-state index in [2.05, 4.69) is 40.8 Å². The van der Waals surface area contributed by atoms with Crippen LogP contribution in [0.5, 0.6) is 0 Å². The second-order valence-corrected chi connectivity index (χ2v) is 6.03. The summed E-state index contributed by atoms with van der Waals surface area (Å²) in [7, 11) is 0. The van der Waals surface area contributed by atoms with Gasteiger partial charge in [0.05, 0.1) is 6.33 Å². The summed E-state index contributed by atoms with van der Waals surface area (Å²) in [6.07, 6.45) is 5.35. The van der Waals surface area contributed by atoms with Gasteiger partial charge in [0, 0.05) is 36.5 Å². The van der Waals surface area contributed by atoms with E-state index in [4.69, 9.17) is 0 Å². The molecule has 4 heteroatoms. The number of carbonyl (C=O) groups excluding carboxylic acids is 1. The van der Waals surface area contributed by atoms with E-state index >= 15 is 0 Å². The number of imidazole rings is 1. The topological polar surface area (TPSA) is 46.9 Å². The highest BCUT2D eigenvalue weighted by atomic mass is 16.1. The molecule has 21 heavy (non-hydrogen) atoms. The summed E-state index contributed by atoms with van der Waals surface area (Å²) in [6.45, 7) is 5.21. The second-order valence-electron chi connectivity index (χ2n) is 6.03. The van der Waals surface area contributed by atoms with Gasteiger partial charge in [0.2, 0.25) is 5.91 Å². The van der Waals surface area contributed by atoms with Crippen LogP contribution >= 0.6 is 0 Å². The van der Waals surface area contributed by atoms with Crippen molar-refractivity contribution in [3.8, 4) is 0 Å². The third-order valence-corrected chi connectivity index (χ3v) is 4.19. The Bertz CT molecular complexity index is 628. The monoisotopic (exact) mass is 283 g/mol. The van der Waals surface area contributed by atoms with Crippen LogP contribution in [0.3, 0.4) is 0 Å². The Hall–Kier alpha value is -2.10. The van der Waals surface area contributed by atoms with Gasteiger partial charge < -0.3 is 9.88 Å². The number of nitrogens with one attached hydrogen (secondary N) is 1. The Morgan fingerprint density at radius 1 is 1.33 bits per heavy atom. The van der Waals surface area contributed by atoms with Crippen molar-refractivity contribution in [1.82, 2.24) is 9.55 Å². The number of rotatable bonds is 3. The van der Waals surface area contributed by atoms with Gasteiger partial charge >= 0.3 is 0 Å². The van der Waals surface area contributed by atoms with Gasteiger partial charge in [-0.1, -0.05) is 26.0 Å². The fourth-order valence-corrected chi connectivity index (χ4v) is 2.79. The first-order valence-corrected chi connectivity index (χ1v) is 7.53. The molecular formula is C17H21N3O. The highest BCUT2D eigenvalue weighted by molar-refractivity contribution is 5.92. The van der Waals surface area contributed by atoms with Crippen molar-refractivity contribution >= 4 is 11.6 Å². The van der Waals surface area contributed by atoms with E-state index in [1.165, 1.54) is 5.56 Å². The van der Waals surface area contributed by atoms with Gasteiger partial charge in [-0.25, -0.2) is 4.98 Å². The van der Waals surface area contributed by atoms with Gasteiger partial charge in [-0.15, -0.1) is 0 Å². The maximum atomic E-state index is 12.4. The molecule has 1 aliphatic rings. The maximum Gasteiger partial charge on any atom is 0.227 e. The van der Waals surface area contributed by atoms with Crippen LogP contribution in [-0.4, -0.2) is 15.5 Å². The molecule has 2 heterocycles. The molecule has 1 atom stereocenters. The van der Waals surface area contributed by atoms with Crippen LogP contribution in [0.4, 0.5) is 5.69 Å². The maximum absolute atomic E-state index is 12.4. The number of aryl methyl sites for hydroxylation is 1. The molecule has 0 aliphatic carbocycles. The van der Waals surface area contributed by atoms with E-state index in [0.29, 0.717) is 5.92 Å². The molecule has 0 saturated carbocycles. The van der Waals surface area contributed by atoms with Crippen molar-refractivity contribution in [3.05, 3.63) is 48.0 Å². The van der Waals surface area contributed by atoms with E-state index in [9.17, 15) is 4.79 Å². The molecule has 2 aromatic rings. The molecular weight excluding hydrogens is 262 g/mol.